The zero-order valence-electron chi connectivity index (χ0n) is 12.3. The van der Waals surface area contributed by atoms with Gasteiger partial charge in [0.1, 0.15) is 17.5 Å². The molecule has 2 rings (SSSR count). The number of thioether (sulfide) groups is 1. The number of para-hydroxylation sites is 1. The van der Waals surface area contributed by atoms with Crippen molar-refractivity contribution in [2.24, 2.45) is 5.73 Å². The van der Waals surface area contributed by atoms with Gasteiger partial charge in [-0.25, -0.2) is 0 Å². The van der Waals surface area contributed by atoms with Crippen molar-refractivity contribution in [2.75, 3.05) is 5.75 Å². The van der Waals surface area contributed by atoms with Crippen molar-refractivity contribution in [1.82, 2.24) is 14.8 Å². The summed E-state index contributed by atoms with van der Waals surface area (Å²) < 4.78 is 1.86. The van der Waals surface area contributed by atoms with Crippen LogP contribution in [0.25, 0.3) is 5.69 Å². The van der Waals surface area contributed by atoms with Gasteiger partial charge in [0.2, 0.25) is 0 Å². The smallest absolute Gasteiger partial charge is 0.196 e. The molecule has 0 unspecified atom stereocenters. The van der Waals surface area contributed by atoms with Crippen LogP contribution in [0.3, 0.4) is 0 Å². The lowest BCUT2D eigenvalue weighted by molar-refractivity contribution is -0.112. The molecule has 0 amide bonds. The van der Waals surface area contributed by atoms with Crippen LogP contribution in [-0.2, 0) is 4.79 Å². The minimum Gasteiger partial charge on any atom is -0.401 e. The van der Waals surface area contributed by atoms with E-state index in [2.05, 4.69) is 10.2 Å². The Morgan fingerprint density at radius 1 is 1.36 bits per heavy atom. The Morgan fingerprint density at radius 3 is 2.64 bits per heavy atom. The molecule has 0 aliphatic rings. The Hall–Kier alpha value is -2.59. The first-order valence-electron chi connectivity index (χ1n) is 6.54. The molecule has 0 aliphatic heterocycles. The number of Topliss-reactive ketones (excluding diaryl/α,β-unsaturated/α-hetero) is 1. The molecule has 22 heavy (non-hydrogen) atoms. The van der Waals surface area contributed by atoms with Crippen LogP contribution in [-0.4, -0.2) is 26.3 Å². The van der Waals surface area contributed by atoms with Crippen molar-refractivity contribution in [3.05, 3.63) is 47.4 Å². The van der Waals surface area contributed by atoms with E-state index in [0.717, 1.165) is 11.5 Å². The van der Waals surface area contributed by atoms with E-state index in [0.29, 0.717) is 5.16 Å². The minimum absolute atomic E-state index is 0.00463. The van der Waals surface area contributed by atoms with Crippen molar-refractivity contribution < 1.29 is 4.79 Å². The first-order valence-corrected chi connectivity index (χ1v) is 7.53. The van der Waals surface area contributed by atoms with Gasteiger partial charge in [0.05, 0.1) is 5.75 Å². The fraction of sp³-hybridized carbons (Fsp3) is 0.200. The number of carbonyl (C=O) groups is 1. The van der Waals surface area contributed by atoms with Gasteiger partial charge in [-0.05, 0) is 26.0 Å². The average Bonchev–Trinajstić information content (AvgIpc) is 2.87. The summed E-state index contributed by atoms with van der Waals surface area (Å²) in [6.45, 7) is 3.38. The Labute approximate surface area is 132 Å². The highest BCUT2D eigenvalue weighted by molar-refractivity contribution is 7.99. The van der Waals surface area contributed by atoms with Crippen LogP contribution in [0.5, 0.6) is 0 Å². The summed E-state index contributed by atoms with van der Waals surface area (Å²) in [5.41, 5.74) is 6.68. The summed E-state index contributed by atoms with van der Waals surface area (Å²) in [6, 6.07) is 11.5. The SMILES string of the molecule is C/C(N)=C(\C#N)C(=O)CSc1nnc(C)n1-c1ccccc1. The average molecular weight is 313 g/mol. The first kappa shape index (κ1) is 15.8. The number of allylic oxidation sites excluding steroid dienone is 2. The number of nitrogens with zero attached hydrogens (tertiary/aromatic N) is 4. The molecule has 0 radical (unpaired) electrons. The first-order chi connectivity index (χ1) is 10.5. The zero-order chi connectivity index (χ0) is 16.1. The maximum Gasteiger partial charge on any atom is 0.196 e. The summed E-state index contributed by atoms with van der Waals surface area (Å²) >= 11 is 1.23. The van der Waals surface area contributed by atoms with Crippen molar-refractivity contribution >= 4 is 17.5 Å². The lowest BCUT2D eigenvalue weighted by Crippen LogP contribution is -2.11. The quantitative estimate of drug-likeness (QED) is 0.515. The Morgan fingerprint density at radius 2 is 2.05 bits per heavy atom. The van der Waals surface area contributed by atoms with Crippen LogP contribution in [0, 0.1) is 18.3 Å². The van der Waals surface area contributed by atoms with E-state index >= 15 is 0 Å². The van der Waals surface area contributed by atoms with Crippen molar-refractivity contribution in [1.29, 1.82) is 5.26 Å². The molecule has 0 bridgehead atoms. The second kappa shape index (κ2) is 6.91. The highest BCUT2D eigenvalue weighted by atomic mass is 32.2. The molecule has 0 spiro atoms. The fourth-order valence-corrected chi connectivity index (χ4v) is 2.75. The summed E-state index contributed by atoms with van der Waals surface area (Å²) in [6.07, 6.45) is 0. The standard InChI is InChI=1S/C15H15N5OS/c1-10(17)13(8-16)14(21)9-22-15-19-18-11(2)20(15)12-6-4-3-5-7-12/h3-7H,9,17H2,1-2H3/b13-10-. The summed E-state index contributed by atoms with van der Waals surface area (Å²) in [5.74, 6) is 0.502. The largest absolute Gasteiger partial charge is 0.401 e. The molecule has 7 heteroatoms. The van der Waals surface area contributed by atoms with Gasteiger partial charge in [0.25, 0.3) is 0 Å². The maximum absolute atomic E-state index is 12.0. The van der Waals surface area contributed by atoms with E-state index in [1.807, 2.05) is 47.9 Å². The molecule has 6 nitrogen and oxygen atoms in total. The van der Waals surface area contributed by atoms with Crippen LogP contribution in [0.4, 0.5) is 0 Å². The number of rotatable bonds is 5. The third-order valence-corrected chi connectivity index (χ3v) is 3.86. The summed E-state index contributed by atoms with van der Waals surface area (Å²) in [4.78, 5) is 12.0. The molecule has 112 valence electrons. The normalized spacial score (nSPS) is 11.7. The monoisotopic (exact) mass is 313 g/mol. The molecule has 0 saturated heterocycles. The number of aromatic nitrogens is 3. The maximum atomic E-state index is 12.0. The number of ketones is 1. The van der Waals surface area contributed by atoms with E-state index < -0.39 is 0 Å². The molecule has 1 heterocycles. The molecule has 2 aromatic rings. The Bertz CT molecular complexity index is 754. The number of nitriles is 1. The van der Waals surface area contributed by atoms with E-state index in [1.54, 1.807) is 0 Å². The van der Waals surface area contributed by atoms with E-state index in [4.69, 9.17) is 11.0 Å². The van der Waals surface area contributed by atoms with Gasteiger partial charge in [-0.1, -0.05) is 30.0 Å². The molecular weight excluding hydrogens is 298 g/mol. The van der Waals surface area contributed by atoms with Gasteiger partial charge < -0.3 is 5.73 Å². The Kier molecular flexibility index (Phi) is 4.96. The topological polar surface area (TPSA) is 97.6 Å². The third-order valence-electron chi connectivity index (χ3n) is 2.93. The van der Waals surface area contributed by atoms with Crippen LogP contribution in [0.1, 0.15) is 12.7 Å². The van der Waals surface area contributed by atoms with Crippen molar-refractivity contribution in [3.8, 4) is 11.8 Å². The van der Waals surface area contributed by atoms with E-state index in [9.17, 15) is 4.79 Å². The number of hydrogen-bond donors (Lipinski definition) is 1. The highest BCUT2D eigenvalue weighted by Crippen LogP contribution is 2.22. The number of aryl methyl sites for hydroxylation is 1. The number of hydrogen-bond acceptors (Lipinski definition) is 6. The lowest BCUT2D eigenvalue weighted by atomic mass is 10.2. The molecule has 0 aliphatic carbocycles. The van der Waals surface area contributed by atoms with Gasteiger partial charge in [-0.3, -0.25) is 9.36 Å². The molecule has 0 saturated carbocycles. The van der Waals surface area contributed by atoms with Crippen molar-refractivity contribution in [3.63, 3.8) is 0 Å². The predicted molar refractivity (Wildman–Crippen MR) is 84.3 cm³/mol. The minimum atomic E-state index is -0.312. The second-order valence-electron chi connectivity index (χ2n) is 4.58. The van der Waals surface area contributed by atoms with Crippen LogP contribution in [0.15, 0.2) is 46.8 Å². The summed E-state index contributed by atoms with van der Waals surface area (Å²) in [5, 5.41) is 17.7. The van der Waals surface area contributed by atoms with Gasteiger partial charge in [-0.2, -0.15) is 5.26 Å². The van der Waals surface area contributed by atoms with Gasteiger partial charge >= 0.3 is 0 Å². The zero-order valence-corrected chi connectivity index (χ0v) is 13.1. The molecular formula is C15H15N5OS. The third kappa shape index (κ3) is 3.35. The Balaban J connectivity index is 2.21. The summed E-state index contributed by atoms with van der Waals surface area (Å²) in [7, 11) is 0. The number of carbonyl (C=O) groups excluding carboxylic acids is 1. The van der Waals surface area contributed by atoms with Gasteiger partial charge in [0, 0.05) is 11.4 Å². The van der Waals surface area contributed by atoms with E-state index in [1.165, 1.54) is 18.7 Å². The van der Waals surface area contributed by atoms with Crippen LogP contribution >= 0.6 is 11.8 Å². The van der Waals surface area contributed by atoms with E-state index in [-0.39, 0.29) is 22.8 Å². The molecule has 1 aromatic carbocycles. The number of nitrogens with two attached hydrogens (primary N) is 1. The molecule has 0 fully saturated rings. The van der Waals surface area contributed by atoms with Gasteiger partial charge in [0.15, 0.2) is 10.9 Å². The number of benzene rings is 1. The second-order valence-corrected chi connectivity index (χ2v) is 5.52. The van der Waals surface area contributed by atoms with Crippen LogP contribution < -0.4 is 5.73 Å². The predicted octanol–water partition coefficient (Wildman–Crippen LogP) is 1.99. The lowest BCUT2D eigenvalue weighted by Gasteiger charge is -2.07. The molecule has 0 atom stereocenters. The highest BCUT2D eigenvalue weighted by Gasteiger charge is 2.16. The van der Waals surface area contributed by atoms with Crippen molar-refractivity contribution in [2.45, 2.75) is 19.0 Å². The van der Waals surface area contributed by atoms with Crippen LogP contribution in [0.2, 0.25) is 0 Å². The molecule has 1 aromatic heterocycles. The molecule has 2 N–H and O–H groups in total. The fourth-order valence-electron chi connectivity index (χ4n) is 1.88. The van der Waals surface area contributed by atoms with Gasteiger partial charge in [-0.15, -0.1) is 10.2 Å².